The van der Waals surface area contributed by atoms with Gasteiger partial charge in [0.2, 0.25) is 11.8 Å². The molecule has 2 fully saturated rings. The molecule has 0 spiro atoms. The maximum atomic E-state index is 15.5. The van der Waals surface area contributed by atoms with Gasteiger partial charge in [0, 0.05) is 49.2 Å². The van der Waals surface area contributed by atoms with Gasteiger partial charge < -0.3 is 34.9 Å². The van der Waals surface area contributed by atoms with E-state index in [1.807, 2.05) is 0 Å². The van der Waals surface area contributed by atoms with Crippen LogP contribution in [0.25, 0.3) is 33.9 Å². The summed E-state index contributed by atoms with van der Waals surface area (Å²) in [4.78, 5) is 77.7. The maximum Gasteiger partial charge on any atom is 0.407 e. The number of H-pyrrole nitrogens is 2. The van der Waals surface area contributed by atoms with E-state index < -0.39 is 30.1 Å². The van der Waals surface area contributed by atoms with Crippen LogP contribution >= 0.6 is 0 Å². The van der Waals surface area contributed by atoms with Crippen LogP contribution in [0, 0.1) is 5.82 Å². The Morgan fingerprint density at radius 1 is 0.902 bits per heavy atom. The number of likely N-dealkylation sites (N-methyl/N-ethyl adjacent to an activating group) is 1. The summed E-state index contributed by atoms with van der Waals surface area (Å²) in [5.74, 6) is 0.360. The van der Waals surface area contributed by atoms with Crippen LogP contribution in [-0.4, -0.2) is 113 Å². The molecule has 2 saturated heterocycles. The minimum Gasteiger partial charge on any atom is -0.465 e. The lowest BCUT2D eigenvalue weighted by Gasteiger charge is -2.29. The highest BCUT2D eigenvalue weighted by Gasteiger charge is 2.37. The Labute approximate surface area is 292 Å². The number of rotatable bonds is 9. The first kappa shape index (κ1) is 35.0. The standard InChI is InChI=1S/C34H39FN10O6/c1-18(40-33(48)51-4)31(46)44-11-5-7-26(44)29-38-16-24(41-29)21-14-36-28(37-15-21)20-9-10-22(23(35)13-20)25-17-39-30(42-25)27-8-6-12-45(27)32(47)19(2)43(3)34(49)50/h9-10,13-19,26-27H,5-8,11-12H2,1-4H3,(H,38,41)(H,39,42)(H,40,48)(H,49,50)/t18-,19-,26?,27-/m0/s1. The molecule has 51 heavy (non-hydrogen) atoms. The molecule has 2 aliphatic rings. The summed E-state index contributed by atoms with van der Waals surface area (Å²) in [5, 5.41) is 11.8. The van der Waals surface area contributed by atoms with Gasteiger partial charge in [0.25, 0.3) is 0 Å². The van der Waals surface area contributed by atoms with E-state index in [1.54, 1.807) is 54.4 Å². The minimum absolute atomic E-state index is 0.232. The molecule has 1 unspecified atom stereocenters. The summed E-state index contributed by atoms with van der Waals surface area (Å²) in [7, 11) is 2.60. The Kier molecular flexibility index (Phi) is 9.97. The molecule has 0 aliphatic carbocycles. The van der Waals surface area contributed by atoms with E-state index in [2.05, 4.69) is 40.0 Å². The smallest absolute Gasteiger partial charge is 0.407 e. The quantitative estimate of drug-likeness (QED) is 0.196. The molecule has 5 heterocycles. The molecule has 16 nitrogen and oxygen atoms in total. The number of nitrogens with one attached hydrogen (secondary N) is 3. The maximum absolute atomic E-state index is 15.5. The number of carbonyl (C=O) groups is 4. The zero-order valence-corrected chi connectivity index (χ0v) is 28.6. The summed E-state index contributed by atoms with van der Waals surface area (Å²) in [6.45, 7) is 4.16. The third kappa shape index (κ3) is 7.09. The van der Waals surface area contributed by atoms with Gasteiger partial charge in [0.05, 0.1) is 43.0 Å². The molecule has 0 radical (unpaired) electrons. The molecule has 0 bridgehead atoms. The van der Waals surface area contributed by atoms with Crippen LogP contribution in [0.15, 0.2) is 43.0 Å². The van der Waals surface area contributed by atoms with Crippen molar-refractivity contribution in [2.45, 2.75) is 63.7 Å². The molecule has 3 aromatic heterocycles. The zero-order chi connectivity index (χ0) is 36.4. The van der Waals surface area contributed by atoms with Gasteiger partial charge in [-0.2, -0.15) is 0 Å². The summed E-state index contributed by atoms with van der Waals surface area (Å²) in [6, 6.07) is 2.38. The van der Waals surface area contributed by atoms with Crippen molar-refractivity contribution in [1.82, 2.24) is 49.9 Å². The van der Waals surface area contributed by atoms with E-state index in [0.29, 0.717) is 65.9 Å². The number of imidazole rings is 2. The largest absolute Gasteiger partial charge is 0.465 e. The summed E-state index contributed by atoms with van der Waals surface area (Å²) in [5.41, 5.74) is 2.49. The zero-order valence-electron chi connectivity index (χ0n) is 28.6. The van der Waals surface area contributed by atoms with Gasteiger partial charge in [-0.05, 0) is 51.7 Å². The lowest BCUT2D eigenvalue weighted by atomic mass is 10.1. The predicted molar refractivity (Wildman–Crippen MR) is 180 cm³/mol. The third-order valence-corrected chi connectivity index (χ3v) is 9.50. The molecule has 4 aromatic rings. The van der Waals surface area contributed by atoms with Crippen LogP contribution < -0.4 is 5.32 Å². The molecule has 4 amide bonds. The Balaban J connectivity index is 1.13. The number of nitrogens with zero attached hydrogens (tertiary/aromatic N) is 7. The number of alkyl carbamates (subject to hydrolysis) is 1. The minimum atomic E-state index is -1.19. The van der Waals surface area contributed by atoms with Gasteiger partial charge in [-0.3, -0.25) is 14.5 Å². The fraction of sp³-hybridized carbons (Fsp3) is 0.412. The van der Waals surface area contributed by atoms with Crippen molar-refractivity contribution < 1.29 is 33.4 Å². The van der Waals surface area contributed by atoms with Crippen molar-refractivity contribution in [3.8, 4) is 33.9 Å². The molecule has 4 atom stereocenters. The molecule has 268 valence electrons. The number of aromatic nitrogens is 6. The Morgan fingerprint density at radius 3 is 2.08 bits per heavy atom. The first-order valence-electron chi connectivity index (χ1n) is 16.6. The second-order valence-electron chi connectivity index (χ2n) is 12.7. The number of amides is 4. The Bertz CT molecular complexity index is 1930. The van der Waals surface area contributed by atoms with Crippen molar-refractivity contribution >= 4 is 24.0 Å². The summed E-state index contributed by atoms with van der Waals surface area (Å²) < 4.78 is 20.1. The fourth-order valence-corrected chi connectivity index (χ4v) is 6.53. The van der Waals surface area contributed by atoms with Crippen molar-refractivity contribution in [3.05, 3.63) is 60.5 Å². The normalized spacial score (nSPS) is 18.4. The lowest BCUT2D eigenvalue weighted by molar-refractivity contribution is -0.136. The first-order chi connectivity index (χ1) is 24.5. The van der Waals surface area contributed by atoms with Crippen molar-refractivity contribution in [2.75, 3.05) is 27.2 Å². The Hall–Kier alpha value is -5.87. The van der Waals surface area contributed by atoms with Crippen LogP contribution in [0.5, 0.6) is 0 Å². The average Bonchev–Trinajstić information content (AvgIpc) is 3.97. The second kappa shape index (κ2) is 14.5. The number of hydrogen-bond donors (Lipinski definition) is 4. The third-order valence-electron chi connectivity index (χ3n) is 9.50. The van der Waals surface area contributed by atoms with Crippen LogP contribution in [-0.2, 0) is 14.3 Å². The van der Waals surface area contributed by atoms with E-state index in [1.165, 1.54) is 26.4 Å². The number of halogens is 1. The predicted octanol–water partition coefficient (Wildman–Crippen LogP) is 4.13. The van der Waals surface area contributed by atoms with Crippen LogP contribution in [0.2, 0.25) is 0 Å². The number of methoxy groups -OCH3 is 1. The number of ether oxygens (including phenoxy) is 1. The van der Waals surface area contributed by atoms with Crippen LogP contribution in [0.4, 0.5) is 14.0 Å². The number of carboxylic acid groups (broad SMARTS) is 1. The number of benzene rings is 1. The van der Waals surface area contributed by atoms with Gasteiger partial charge in [-0.25, -0.2) is 33.9 Å². The van der Waals surface area contributed by atoms with Crippen LogP contribution in [0.3, 0.4) is 0 Å². The monoisotopic (exact) mass is 702 g/mol. The van der Waals surface area contributed by atoms with Crippen molar-refractivity contribution in [3.63, 3.8) is 0 Å². The molecule has 0 saturated carbocycles. The van der Waals surface area contributed by atoms with E-state index >= 15 is 4.39 Å². The van der Waals surface area contributed by atoms with E-state index in [0.717, 1.165) is 17.7 Å². The highest BCUT2D eigenvalue weighted by atomic mass is 19.1. The highest BCUT2D eigenvalue weighted by molar-refractivity contribution is 5.86. The molecule has 4 N–H and O–H groups in total. The molecule has 6 rings (SSSR count). The molecular formula is C34H39FN10O6. The number of likely N-dealkylation sites (tertiary alicyclic amines) is 2. The van der Waals surface area contributed by atoms with Gasteiger partial charge in [0.15, 0.2) is 5.82 Å². The summed E-state index contributed by atoms with van der Waals surface area (Å²) in [6.07, 6.45) is 7.39. The van der Waals surface area contributed by atoms with Gasteiger partial charge in [-0.1, -0.05) is 6.07 Å². The van der Waals surface area contributed by atoms with Crippen molar-refractivity contribution in [1.29, 1.82) is 0 Å². The average molecular weight is 703 g/mol. The highest BCUT2D eigenvalue weighted by Crippen LogP contribution is 2.34. The van der Waals surface area contributed by atoms with Gasteiger partial charge >= 0.3 is 12.2 Å². The van der Waals surface area contributed by atoms with E-state index in [4.69, 9.17) is 0 Å². The summed E-state index contributed by atoms with van der Waals surface area (Å²) >= 11 is 0. The molecule has 2 aliphatic heterocycles. The number of aromatic amines is 2. The van der Waals surface area contributed by atoms with Gasteiger partial charge in [-0.15, -0.1) is 0 Å². The van der Waals surface area contributed by atoms with E-state index in [9.17, 15) is 24.3 Å². The fourth-order valence-electron chi connectivity index (χ4n) is 6.53. The lowest BCUT2D eigenvalue weighted by Crippen LogP contribution is -2.47. The Morgan fingerprint density at radius 2 is 1.49 bits per heavy atom. The van der Waals surface area contributed by atoms with Gasteiger partial charge in [0.1, 0.15) is 29.5 Å². The van der Waals surface area contributed by atoms with Crippen molar-refractivity contribution in [2.24, 2.45) is 0 Å². The van der Waals surface area contributed by atoms with Crippen LogP contribution in [0.1, 0.15) is 63.3 Å². The number of carbonyl (C=O) groups excluding carboxylic acids is 3. The topological polar surface area (TPSA) is 203 Å². The first-order valence-corrected chi connectivity index (χ1v) is 16.6. The molecule has 17 heteroatoms. The SMILES string of the molecule is COC(=O)N[C@@H](C)C(=O)N1CCCC1c1ncc(-c2cnc(-c3ccc(-c4cnc([C@@H]5CCCN5C(=O)[C@H](C)N(C)C(=O)O)[nH]4)c(F)c3)nc2)[nH]1. The second-order valence-corrected chi connectivity index (χ2v) is 12.7. The van der Waals surface area contributed by atoms with E-state index in [-0.39, 0.29) is 29.5 Å². The number of hydrogen-bond acceptors (Lipinski definition) is 9. The molecular weight excluding hydrogens is 663 g/mol. The molecule has 1 aromatic carbocycles.